The van der Waals surface area contributed by atoms with Crippen LogP contribution in [0.2, 0.25) is 0 Å². The molecule has 1 aliphatic carbocycles. The molecule has 1 fully saturated rings. The van der Waals surface area contributed by atoms with Crippen LogP contribution in [0.1, 0.15) is 12.8 Å². The van der Waals surface area contributed by atoms with Crippen molar-refractivity contribution in [3.8, 4) is 0 Å². The number of rotatable bonds is 8. The van der Waals surface area contributed by atoms with Crippen molar-refractivity contribution in [3.63, 3.8) is 0 Å². The van der Waals surface area contributed by atoms with Gasteiger partial charge in [-0.2, -0.15) is 0 Å². The highest BCUT2D eigenvalue weighted by Crippen LogP contribution is 2.27. The number of nitrogens with one attached hydrogen (secondary N) is 2. The minimum atomic E-state index is 0.0853. The highest BCUT2D eigenvalue weighted by Gasteiger charge is 2.20. The maximum atomic E-state index is 11.6. The molecule has 0 radical (unpaired) electrons. The molecule has 1 aromatic carbocycles. The number of benzene rings is 1. The van der Waals surface area contributed by atoms with Crippen molar-refractivity contribution < 1.29 is 4.79 Å². The number of amides is 1. The number of carbonyl (C=O) groups is 1. The summed E-state index contributed by atoms with van der Waals surface area (Å²) in [7, 11) is 2.03. The monoisotopic (exact) mass is 261 g/mol. The molecule has 0 aromatic heterocycles. The number of para-hydroxylation sites is 1. The van der Waals surface area contributed by atoms with E-state index in [1.165, 1.54) is 18.5 Å². The number of carbonyl (C=O) groups excluding carboxylic acids is 1. The Labute approximate surface area is 115 Å². The van der Waals surface area contributed by atoms with Crippen molar-refractivity contribution >= 4 is 11.6 Å². The summed E-state index contributed by atoms with van der Waals surface area (Å²) in [6.45, 7) is 2.91. The zero-order valence-corrected chi connectivity index (χ0v) is 11.6. The number of hydrogen-bond acceptors (Lipinski definition) is 3. The average Bonchev–Trinajstić information content (AvgIpc) is 3.24. The summed E-state index contributed by atoms with van der Waals surface area (Å²) in [6.07, 6.45) is 2.63. The molecule has 0 unspecified atom stereocenters. The lowest BCUT2D eigenvalue weighted by atomic mass is 10.3. The standard InChI is InChI=1S/C15H23N3O/c1-18(14-5-3-2-4-6-14)10-9-17-15(19)12-16-11-13-7-8-13/h2-6,13,16H,7-12H2,1H3,(H,17,19). The van der Waals surface area contributed by atoms with E-state index in [9.17, 15) is 4.79 Å². The number of likely N-dealkylation sites (N-methyl/N-ethyl adjacent to an activating group) is 1. The van der Waals surface area contributed by atoms with Crippen LogP contribution in [0.25, 0.3) is 0 Å². The second kappa shape index (κ2) is 7.14. The Morgan fingerprint density at radius 1 is 1.32 bits per heavy atom. The van der Waals surface area contributed by atoms with Crippen molar-refractivity contribution in [1.29, 1.82) is 0 Å². The summed E-state index contributed by atoms with van der Waals surface area (Å²) in [5.41, 5.74) is 1.17. The largest absolute Gasteiger partial charge is 0.373 e. The zero-order chi connectivity index (χ0) is 13.5. The van der Waals surface area contributed by atoms with Crippen LogP contribution >= 0.6 is 0 Å². The van der Waals surface area contributed by atoms with E-state index in [0.717, 1.165) is 19.0 Å². The summed E-state index contributed by atoms with van der Waals surface area (Å²) >= 11 is 0. The van der Waals surface area contributed by atoms with Crippen LogP contribution in [0.3, 0.4) is 0 Å². The van der Waals surface area contributed by atoms with Gasteiger partial charge in [-0.05, 0) is 37.4 Å². The van der Waals surface area contributed by atoms with E-state index in [-0.39, 0.29) is 5.91 Å². The van der Waals surface area contributed by atoms with Crippen LogP contribution in [0, 0.1) is 5.92 Å². The molecule has 19 heavy (non-hydrogen) atoms. The Hall–Kier alpha value is -1.55. The average molecular weight is 261 g/mol. The van der Waals surface area contributed by atoms with Crippen LogP contribution in [-0.2, 0) is 4.79 Å². The molecule has 0 heterocycles. The quantitative estimate of drug-likeness (QED) is 0.740. The summed E-state index contributed by atoms with van der Waals surface area (Å²) in [5, 5.41) is 6.13. The molecular formula is C15H23N3O. The van der Waals surface area contributed by atoms with Crippen molar-refractivity contribution in [3.05, 3.63) is 30.3 Å². The van der Waals surface area contributed by atoms with E-state index in [0.29, 0.717) is 13.1 Å². The summed E-state index contributed by atoms with van der Waals surface area (Å²) in [4.78, 5) is 13.7. The van der Waals surface area contributed by atoms with Gasteiger partial charge in [0.15, 0.2) is 0 Å². The van der Waals surface area contributed by atoms with E-state index in [1.807, 2.05) is 25.2 Å². The molecule has 1 amide bonds. The maximum absolute atomic E-state index is 11.6. The molecule has 1 aliphatic rings. The molecule has 0 saturated heterocycles. The fraction of sp³-hybridized carbons (Fsp3) is 0.533. The number of hydrogen-bond donors (Lipinski definition) is 2. The van der Waals surface area contributed by atoms with E-state index < -0.39 is 0 Å². The lowest BCUT2D eigenvalue weighted by molar-refractivity contribution is -0.120. The van der Waals surface area contributed by atoms with E-state index in [4.69, 9.17) is 0 Å². The van der Waals surface area contributed by atoms with Gasteiger partial charge in [0, 0.05) is 25.8 Å². The van der Waals surface area contributed by atoms with Crippen LogP contribution in [0.5, 0.6) is 0 Å². The second-order valence-electron chi connectivity index (χ2n) is 5.18. The highest BCUT2D eigenvalue weighted by atomic mass is 16.1. The third-order valence-electron chi connectivity index (χ3n) is 3.38. The molecule has 0 spiro atoms. The van der Waals surface area contributed by atoms with Crippen LogP contribution in [-0.4, -0.2) is 39.1 Å². The Morgan fingerprint density at radius 3 is 2.74 bits per heavy atom. The molecule has 4 nitrogen and oxygen atoms in total. The smallest absolute Gasteiger partial charge is 0.234 e. The molecule has 0 bridgehead atoms. The molecule has 2 N–H and O–H groups in total. The van der Waals surface area contributed by atoms with Crippen molar-refractivity contribution in [1.82, 2.24) is 10.6 Å². The van der Waals surface area contributed by atoms with Gasteiger partial charge in [0.05, 0.1) is 6.54 Å². The molecule has 0 atom stereocenters. The SMILES string of the molecule is CN(CCNC(=O)CNCC1CC1)c1ccccc1. The Balaban J connectivity index is 1.56. The first kappa shape index (κ1) is 13.9. The lowest BCUT2D eigenvalue weighted by Gasteiger charge is -2.19. The summed E-state index contributed by atoms with van der Waals surface area (Å²) < 4.78 is 0. The van der Waals surface area contributed by atoms with Gasteiger partial charge in [0.25, 0.3) is 0 Å². The van der Waals surface area contributed by atoms with Gasteiger partial charge in [-0.1, -0.05) is 18.2 Å². The molecule has 4 heteroatoms. The fourth-order valence-corrected chi connectivity index (χ4v) is 1.95. The Morgan fingerprint density at radius 2 is 2.05 bits per heavy atom. The zero-order valence-electron chi connectivity index (χ0n) is 11.6. The van der Waals surface area contributed by atoms with E-state index in [2.05, 4.69) is 27.7 Å². The van der Waals surface area contributed by atoms with E-state index >= 15 is 0 Å². The Bertz CT molecular complexity index is 390. The van der Waals surface area contributed by atoms with E-state index in [1.54, 1.807) is 0 Å². The van der Waals surface area contributed by atoms with Crippen LogP contribution < -0.4 is 15.5 Å². The van der Waals surface area contributed by atoms with Gasteiger partial charge in [-0.15, -0.1) is 0 Å². The van der Waals surface area contributed by atoms with Crippen molar-refractivity contribution in [2.75, 3.05) is 38.1 Å². The highest BCUT2D eigenvalue weighted by molar-refractivity contribution is 5.78. The molecule has 104 valence electrons. The number of anilines is 1. The number of nitrogens with zero attached hydrogens (tertiary/aromatic N) is 1. The van der Waals surface area contributed by atoms with Gasteiger partial charge < -0.3 is 15.5 Å². The van der Waals surface area contributed by atoms with Gasteiger partial charge >= 0.3 is 0 Å². The van der Waals surface area contributed by atoms with Gasteiger partial charge in [0.2, 0.25) is 5.91 Å². The fourth-order valence-electron chi connectivity index (χ4n) is 1.95. The molecule has 1 aromatic rings. The van der Waals surface area contributed by atoms with Crippen LogP contribution in [0.15, 0.2) is 30.3 Å². The topological polar surface area (TPSA) is 44.4 Å². The summed E-state index contributed by atoms with van der Waals surface area (Å²) in [5.74, 6) is 0.902. The first-order chi connectivity index (χ1) is 9.25. The molecular weight excluding hydrogens is 238 g/mol. The van der Waals surface area contributed by atoms with Gasteiger partial charge in [-0.3, -0.25) is 4.79 Å². The molecule has 2 rings (SSSR count). The third kappa shape index (κ3) is 5.30. The third-order valence-corrected chi connectivity index (χ3v) is 3.38. The van der Waals surface area contributed by atoms with Gasteiger partial charge in [0.1, 0.15) is 0 Å². The molecule has 0 aliphatic heterocycles. The first-order valence-corrected chi connectivity index (χ1v) is 6.99. The minimum Gasteiger partial charge on any atom is -0.373 e. The second-order valence-corrected chi connectivity index (χ2v) is 5.18. The van der Waals surface area contributed by atoms with Gasteiger partial charge in [-0.25, -0.2) is 0 Å². The van der Waals surface area contributed by atoms with Crippen molar-refractivity contribution in [2.24, 2.45) is 5.92 Å². The maximum Gasteiger partial charge on any atom is 0.234 e. The predicted molar refractivity (Wildman–Crippen MR) is 78.3 cm³/mol. The summed E-state index contributed by atoms with van der Waals surface area (Å²) in [6, 6.07) is 10.2. The normalized spacial score (nSPS) is 14.2. The Kier molecular flexibility index (Phi) is 5.21. The lowest BCUT2D eigenvalue weighted by Crippen LogP contribution is -2.38. The minimum absolute atomic E-state index is 0.0853. The van der Waals surface area contributed by atoms with Crippen molar-refractivity contribution in [2.45, 2.75) is 12.8 Å². The van der Waals surface area contributed by atoms with Crippen LogP contribution in [0.4, 0.5) is 5.69 Å². The predicted octanol–water partition coefficient (Wildman–Crippen LogP) is 1.24. The first-order valence-electron chi connectivity index (χ1n) is 6.99. The molecule has 1 saturated carbocycles.